The lowest BCUT2D eigenvalue weighted by Gasteiger charge is -2.35. The van der Waals surface area contributed by atoms with Crippen molar-refractivity contribution in [1.29, 1.82) is 0 Å². The minimum absolute atomic E-state index is 0. The van der Waals surface area contributed by atoms with Crippen LogP contribution >= 0.6 is 91.1 Å². The number of likely N-dealkylation sites (tertiary alicyclic amines) is 1. The van der Waals surface area contributed by atoms with E-state index in [-0.39, 0.29) is 121 Å². The lowest BCUT2D eigenvalue weighted by atomic mass is 10.2. The third-order valence-corrected chi connectivity index (χ3v) is 23.8. The van der Waals surface area contributed by atoms with E-state index in [0.717, 1.165) is 97.0 Å². The molecule has 0 spiro atoms. The summed E-state index contributed by atoms with van der Waals surface area (Å²) >= 11 is 13.3. The quantitative estimate of drug-likeness (QED) is 0.0796. The maximum Gasteiger partial charge on any atom is 0.288 e. The molecule has 0 unspecified atom stereocenters. The van der Waals surface area contributed by atoms with E-state index < -0.39 is 0 Å². The van der Waals surface area contributed by atoms with E-state index in [1.54, 1.807) is 56.7 Å². The number of carbonyl (C=O) groups excluding carboxylic acids is 5. The second-order valence-corrected chi connectivity index (χ2v) is 29.9. The number of aliphatic hydroxyl groups excluding tert-OH is 1. The Balaban J connectivity index is 0.000000389. The van der Waals surface area contributed by atoms with E-state index in [1.807, 2.05) is 113 Å². The summed E-state index contributed by atoms with van der Waals surface area (Å²) in [7, 11) is 0. The first-order valence-electron chi connectivity index (χ1n) is 29.6. The number of amides is 3. The van der Waals surface area contributed by atoms with Crippen LogP contribution in [-0.2, 0) is 53.5 Å². The predicted molar refractivity (Wildman–Crippen MR) is 357 cm³/mol. The number of carbonyl (C=O) groups is 5. The lowest BCUT2D eigenvalue weighted by Crippen LogP contribution is -3.00. The number of para-hydroxylation sites is 1. The van der Waals surface area contributed by atoms with Gasteiger partial charge in [0.05, 0.1) is 34.1 Å². The number of aryl methyl sites for hydroxylation is 4. The maximum atomic E-state index is 12.5. The summed E-state index contributed by atoms with van der Waals surface area (Å²) in [5.74, 6) is 3.25. The predicted octanol–water partition coefficient (Wildman–Crippen LogP) is -5.28. The van der Waals surface area contributed by atoms with Crippen LogP contribution in [0.3, 0.4) is 0 Å². The van der Waals surface area contributed by atoms with Gasteiger partial charge in [-0.15, -0.1) is 22.7 Å². The van der Waals surface area contributed by atoms with E-state index in [4.69, 9.17) is 5.11 Å². The fourth-order valence-corrected chi connectivity index (χ4v) is 16.1. The number of aromatic nitrogens is 5. The maximum absolute atomic E-state index is 12.5. The zero-order chi connectivity index (χ0) is 62.4. The molecule has 15 nitrogen and oxygen atoms in total. The molecule has 1 N–H and O–H groups in total. The molecular weight excluding hydrogens is 1650 g/mol. The first-order valence-corrected chi connectivity index (χ1v) is 36.9. The number of halogens is 5. The van der Waals surface area contributed by atoms with Crippen molar-refractivity contribution in [3.05, 3.63) is 156 Å². The monoisotopic (exact) mass is 1730 g/mol. The number of rotatable bonds is 15. The molecule has 506 valence electrons. The molecule has 0 saturated carbocycles. The number of aliphatic hydroxyl groups is 1. The highest BCUT2D eigenvalue weighted by atomic mass is 79.9. The van der Waals surface area contributed by atoms with E-state index in [1.165, 1.54) is 83.5 Å². The van der Waals surface area contributed by atoms with Crippen LogP contribution in [0, 0.1) is 62.3 Å². The van der Waals surface area contributed by atoms with Crippen molar-refractivity contribution in [2.75, 3.05) is 75.4 Å². The third-order valence-electron chi connectivity index (χ3n) is 15.9. The highest BCUT2D eigenvalue weighted by Crippen LogP contribution is 2.19. The highest BCUT2D eigenvalue weighted by Gasteiger charge is 2.28. The number of anilines is 1. The molecule has 8 aromatic rings. The van der Waals surface area contributed by atoms with Gasteiger partial charge in [-0.1, -0.05) is 99.9 Å². The Bertz CT molecular complexity index is 3460. The molecule has 11 rings (SSSR count). The zero-order valence-corrected chi connectivity index (χ0v) is 68.2. The van der Waals surface area contributed by atoms with Gasteiger partial charge in [0.25, 0.3) is 17.7 Å². The Hall–Kier alpha value is -2.97. The molecule has 0 radical (unpaired) electrons. The van der Waals surface area contributed by atoms with Crippen molar-refractivity contribution < 1.29 is 137 Å². The second kappa shape index (κ2) is 44.1. The van der Waals surface area contributed by atoms with Crippen LogP contribution < -0.4 is 113 Å². The number of hydrogen-bond acceptors (Lipinski definition) is 15. The Morgan fingerprint density at radius 2 is 0.761 bits per heavy atom. The molecule has 1 aromatic carbocycles. The van der Waals surface area contributed by atoms with Gasteiger partial charge in [-0.05, 0) is 75.6 Å². The van der Waals surface area contributed by atoms with E-state index in [9.17, 15) is 24.0 Å². The smallest absolute Gasteiger partial charge is 0.288 e. The molecule has 3 aliphatic heterocycles. The lowest BCUT2D eigenvalue weighted by molar-refractivity contribution is -0.686. The normalized spacial score (nSPS) is 13.3. The van der Waals surface area contributed by atoms with Crippen LogP contribution in [0.2, 0.25) is 0 Å². The molecule has 0 bridgehead atoms. The number of thioether (sulfide) groups is 1. The van der Waals surface area contributed by atoms with Crippen LogP contribution in [0.15, 0.2) is 92.9 Å². The standard InChI is InChI=1S/C17H22N3OS.C13H21N2OS.C12H14NO2S2.C11H17N2OS2.C11H12NOS2.5BrH/c1-14-15(2)22-13-20(14)12-17(21)19-10-8-18(9-11-19)16-6-4-3-5-7-16;1-11-12(2)17-10-15(11)9-13(16)14-7-5-3-4-6-8-14;1-9-11(4-5-14)17-8-13(9)7-10(15)12-3-2-6-16-12;1-9-10(2)16-8-13(9)7-11(14)12-3-5-15-6-4-12;1-8-9(2)15-7-12(8)6-10(13)11-4-3-5-14-11;;;;;/h3-7,13H,8-12H2,1-2H3;10H,3-9H2,1-2H3;2-3,6,8,14H,4-5,7H2,1H3;8H,3-7H2,1-2H3;3-5,7H,6H2,1-2H3;5*1H/q5*+1;;;;;/p-5. The van der Waals surface area contributed by atoms with Crippen LogP contribution in [0.4, 0.5) is 5.69 Å². The third kappa shape index (κ3) is 25.8. The van der Waals surface area contributed by atoms with Gasteiger partial charge in [0.2, 0.25) is 71.8 Å². The van der Waals surface area contributed by atoms with Crippen molar-refractivity contribution in [2.24, 2.45) is 0 Å². The average Bonchev–Trinajstić information content (AvgIpc) is 1.89. The summed E-state index contributed by atoms with van der Waals surface area (Å²) in [6.07, 6.45) is 5.54. The summed E-state index contributed by atoms with van der Waals surface area (Å²) in [5.41, 5.74) is 17.2. The van der Waals surface area contributed by atoms with Crippen molar-refractivity contribution in [2.45, 2.75) is 127 Å². The first-order chi connectivity index (χ1) is 41.9. The van der Waals surface area contributed by atoms with Gasteiger partial charge in [0, 0.05) is 117 Å². The molecule has 0 atom stereocenters. The Labute approximate surface area is 629 Å². The van der Waals surface area contributed by atoms with Gasteiger partial charge < -0.3 is 110 Å². The Morgan fingerprint density at radius 1 is 0.402 bits per heavy atom. The van der Waals surface area contributed by atoms with Crippen LogP contribution in [-0.4, -0.2) is 120 Å². The number of hydrogen-bond donors (Lipinski definition) is 1. The van der Waals surface area contributed by atoms with E-state index in [0.29, 0.717) is 39.1 Å². The molecule has 3 amide bonds. The topological polar surface area (TPSA) is 138 Å². The van der Waals surface area contributed by atoms with Crippen molar-refractivity contribution in [3.8, 4) is 0 Å². The number of nitrogens with zero attached hydrogens (tertiary/aromatic N) is 9. The molecule has 3 saturated heterocycles. The number of thiazole rings is 5. The Morgan fingerprint density at radius 3 is 1.12 bits per heavy atom. The van der Waals surface area contributed by atoms with Gasteiger partial charge in [-0.2, -0.15) is 34.6 Å². The molecule has 0 aliphatic carbocycles. The number of ketones is 2. The molecule has 3 fully saturated rings. The minimum Gasteiger partial charge on any atom is -1.00 e. The second-order valence-electron chi connectivity index (χ2n) is 21.6. The molecule has 28 heteroatoms. The highest BCUT2D eigenvalue weighted by molar-refractivity contribution is 7.99. The molecule has 7 aromatic heterocycles. The largest absolute Gasteiger partial charge is 1.00 e. The van der Waals surface area contributed by atoms with Crippen molar-refractivity contribution >= 4 is 126 Å². The van der Waals surface area contributed by atoms with Gasteiger partial charge in [0.15, 0.2) is 28.5 Å². The van der Waals surface area contributed by atoms with Gasteiger partial charge in [-0.25, -0.2) is 0 Å². The van der Waals surface area contributed by atoms with E-state index >= 15 is 0 Å². The SMILES string of the molecule is Cc1c(CCO)sc[n+]1CC(=O)c1cccs1.Cc1sc[n+](CC(=O)N2CCCCCC2)c1C.Cc1sc[n+](CC(=O)N2CCN(c3ccccc3)CC2)c1C.Cc1sc[n+](CC(=O)N2CCSCC2)c1C.Cc1sc[n+](CC(=O)c2cccs2)c1C.[Br-].[Br-].[Br-].[Br-].[Br-]. The minimum atomic E-state index is 0. The van der Waals surface area contributed by atoms with Crippen LogP contribution in [0.25, 0.3) is 0 Å². The fraction of sp³-hybridized carbons (Fsp3) is 0.469. The first kappa shape index (κ1) is 85.1. The summed E-state index contributed by atoms with van der Waals surface area (Å²) in [6, 6.07) is 17.9. The van der Waals surface area contributed by atoms with Crippen molar-refractivity contribution in [3.63, 3.8) is 0 Å². The van der Waals surface area contributed by atoms with Crippen LogP contribution in [0.1, 0.15) is 97.9 Å². The summed E-state index contributed by atoms with van der Waals surface area (Å²) < 4.78 is 10.2. The van der Waals surface area contributed by atoms with Crippen molar-refractivity contribution in [1.82, 2.24) is 14.7 Å². The summed E-state index contributed by atoms with van der Waals surface area (Å²) in [5, 5.41) is 12.8. The summed E-state index contributed by atoms with van der Waals surface area (Å²) in [4.78, 5) is 76.7. The number of benzene rings is 1. The fourth-order valence-electron chi connectivity index (χ4n) is 9.67. The molecule has 3 aliphatic rings. The van der Waals surface area contributed by atoms with E-state index in [2.05, 4.69) is 96.8 Å². The number of Topliss-reactive ketones (excluding diaryl/α,β-unsaturated/α-hetero) is 2. The molecular formula is C64H86Br5N9O6S8. The Kier molecular flexibility index (Phi) is 40.8. The number of piperazine rings is 1. The molecule has 92 heavy (non-hydrogen) atoms. The average molecular weight is 1730 g/mol. The number of thiophene rings is 2. The van der Waals surface area contributed by atoms with Crippen LogP contribution in [0.5, 0.6) is 0 Å². The van der Waals surface area contributed by atoms with Gasteiger partial charge >= 0.3 is 0 Å². The zero-order valence-electron chi connectivity index (χ0n) is 53.8. The summed E-state index contributed by atoms with van der Waals surface area (Å²) in [6.45, 7) is 28.2. The van der Waals surface area contributed by atoms with Gasteiger partial charge in [0.1, 0.15) is 0 Å². The van der Waals surface area contributed by atoms with Gasteiger partial charge in [-0.3, -0.25) is 24.0 Å². The molecule has 10 heterocycles.